The molecule has 176 valence electrons. The van der Waals surface area contributed by atoms with E-state index in [1.807, 2.05) is 26.2 Å². The quantitative estimate of drug-likeness (QED) is 0.410. The standard InChI is InChI=1S/C23H27F3N6O/c1-32(2)14-4-10-29-22-30-20(18-5-3-6-19(15-18)33-23(24,25)26)16-21(31-22)28-13-9-17-7-11-27-12-8-17/h3,5-8,11-12,15-16H,4,9-10,13-14H2,1-2H3,(H2,28,29,30,31). The lowest BCUT2D eigenvalue weighted by Crippen LogP contribution is -2.17. The van der Waals surface area contributed by atoms with Gasteiger partial charge in [-0.25, -0.2) is 4.98 Å². The van der Waals surface area contributed by atoms with Crippen molar-refractivity contribution in [3.05, 3.63) is 60.4 Å². The molecule has 0 amide bonds. The summed E-state index contributed by atoms with van der Waals surface area (Å²) in [5, 5.41) is 6.48. The Morgan fingerprint density at radius 1 is 0.970 bits per heavy atom. The summed E-state index contributed by atoms with van der Waals surface area (Å²) in [7, 11) is 4.00. The lowest BCUT2D eigenvalue weighted by atomic mass is 10.1. The number of ether oxygens (including phenoxy) is 1. The smallest absolute Gasteiger partial charge is 0.406 e. The minimum atomic E-state index is -4.76. The Kier molecular flexibility index (Phi) is 8.42. The molecular weight excluding hydrogens is 433 g/mol. The highest BCUT2D eigenvalue weighted by Crippen LogP contribution is 2.28. The zero-order valence-corrected chi connectivity index (χ0v) is 18.6. The minimum absolute atomic E-state index is 0.300. The van der Waals surface area contributed by atoms with Crippen molar-refractivity contribution in [2.24, 2.45) is 0 Å². The second-order valence-electron chi connectivity index (χ2n) is 7.65. The highest BCUT2D eigenvalue weighted by atomic mass is 19.4. The van der Waals surface area contributed by atoms with Crippen LogP contribution in [-0.2, 0) is 6.42 Å². The molecule has 2 N–H and O–H groups in total. The average Bonchev–Trinajstić information content (AvgIpc) is 2.76. The molecule has 0 bridgehead atoms. The molecule has 0 fully saturated rings. The molecule has 0 saturated heterocycles. The van der Waals surface area contributed by atoms with E-state index in [-0.39, 0.29) is 5.75 Å². The van der Waals surface area contributed by atoms with Crippen LogP contribution in [0.25, 0.3) is 11.3 Å². The van der Waals surface area contributed by atoms with Crippen LogP contribution >= 0.6 is 0 Å². The second kappa shape index (κ2) is 11.5. The summed E-state index contributed by atoms with van der Waals surface area (Å²) in [4.78, 5) is 15.1. The maximum atomic E-state index is 12.6. The van der Waals surface area contributed by atoms with Crippen LogP contribution in [0.4, 0.5) is 24.9 Å². The maximum Gasteiger partial charge on any atom is 0.573 e. The molecule has 3 rings (SSSR count). The first-order chi connectivity index (χ1) is 15.8. The van der Waals surface area contributed by atoms with Crippen molar-refractivity contribution in [2.75, 3.05) is 44.4 Å². The molecule has 0 aliphatic heterocycles. The highest BCUT2D eigenvalue weighted by Gasteiger charge is 2.31. The lowest BCUT2D eigenvalue weighted by Gasteiger charge is -2.14. The Hall–Kier alpha value is -3.40. The Morgan fingerprint density at radius 3 is 2.48 bits per heavy atom. The second-order valence-corrected chi connectivity index (χ2v) is 7.65. The van der Waals surface area contributed by atoms with Crippen molar-refractivity contribution in [1.29, 1.82) is 0 Å². The first kappa shape index (κ1) is 24.2. The predicted molar refractivity (Wildman–Crippen MR) is 122 cm³/mol. The number of benzene rings is 1. The molecule has 0 spiro atoms. The number of aromatic nitrogens is 3. The number of rotatable bonds is 11. The molecule has 3 aromatic rings. The van der Waals surface area contributed by atoms with Crippen LogP contribution in [0.1, 0.15) is 12.0 Å². The molecule has 7 nitrogen and oxygen atoms in total. The van der Waals surface area contributed by atoms with Gasteiger partial charge in [0.2, 0.25) is 5.95 Å². The number of pyridine rings is 1. The van der Waals surface area contributed by atoms with Gasteiger partial charge in [0.1, 0.15) is 11.6 Å². The summed E-state index contributed by atoms with van der Waals surface area (Å²) in [5.41, 5.74) is 2.11. The van der Waals surface area contributed by atoms with E-state index in [1.54, 1.807) is 24.5 Å². The zero-order chi connectivity index (χ0) is 23.7. The minimum Gasteiger partial charge on any atom is -0.406 e. The molecule has 0 unspecified atom stereocenters. The molecule has 33 heavy (non-hydrogen) atoms. The van der Waals surface area contributed by atoms with Crippen molar-refractivity contribution in [3.8, 4) is 17.0 Å². The Balaban J connectivity index is 1.78. The van der Waals surface area contributed by atoms with Gasteiger partial charge in [-0.15, -0.1) is 13.2 Å². The fourth-order valence-electron chi connectivity index (χ4n) is 3.10. The van der Waals surface area contributed by atoms with Gasteiger partial charge in [0, 0.05) is 37.1 Å². The van der Waals surface area contributed by atoms with E-state index in [0.717, 1.165) is 24.9 Å². The summed E-state index contributed by atoms with van der Waals surface area (Å²) in [5.74, 6) is 0.678. The first-order valence-corrected chi connectivity index (χ1v) is 10.6. The number of hydrogen-bond acceptors (Lipinski definition) is 7. The number of alkyl halides is 3. The van der Waals surface area contributed by atoms with E-state index in [9.17, 15) is 13.2 Å². The number of anilines is 2. The molecule has 2 aromatic heterocycles. The molecule has 0 saturated carbocycles. The van der Waals surface area contributed by atoms with Gasteiger partial charge < -0.3 is 20.3 Å². The average molecular weight is 461 g/mol. The normalized spacial score (nSPS) is 11.5. The van der Waals surface area contributed by atoms with Crippen LogP contribution in [0.15, 0.2) is 54.9 Å². The van der Waals surface area contributed by atoms with E-state index in [0.29, 0.717) is 36.1 Å². The number of hydrogen-bond donors (Lipinski definition) is 2. The van der Waals surface area contributed by atoms with E-state index < -0.39 is 6.36 Å². The summed E-state index contributed by atoms with van der Waals surface area (Å²) in [6.45, 7) is 2.19. The lowest BCUT2D eigenvalue weighted by molar-refractivity contribution is -0.274. The molecule has 2 heterocycles. The van der Waals surface area contributed by atoms with Gasteiger partial charge in [-0.2, -0.15) is 4.98 Å². The van der Waals surface area contributed by atoms with Gasteiger partial charge >= 0.3 is 6.36 Å². The Morgan fingerprint density at radius 2 is 1.76 bits per heavy atom. The van der Waals surface area contributed by atoms with Gasteiger partial charge in [-0.1, -0.05) is 12.1 Å². The summed E-state index contributed by atoms with van der Waals surface area (Å²) < 4.78 is 42.0. The van der Waals surface area contributed by atoms with Crippen molar-refractivity contribution >= 4 is 11.8 Å². The van der Waals surface area contributed by atoms with E-state index in [2.05, 4.69) is 35.2 Å². The monoisotopic (exact) mass is 460 g/mol. The van der Waals surface area contributed by atoms with Gasteiger partial charge in [0.25, 0.3) is 0 Å². The topological polar surface area (TPSA) is 75.2 Å². The van der Waals surface area contributed by atoms with Gasteiger partial charge in [-0.05, 0) is 63.3 Å². The van der Waals surface area contributed by atoms with Crippen LogP contribution in [-0.4, -0.2) is 59.9 Å². The summed E-state index contributed by atoms with van der Waals surface area (Å²) in [6, 6.07) is 11.3. The van der Waals surface area contributed by atoms with Crippen LogP contribution in [0.5, 0.6) is 5.75 Å². The highest BCUT2D eigenvalue weighted by molar-refractivity contribution is 5.66. The van der Waals surface area contributed by atoms with Gasteiger partial charge in [0.05, 0.1) is 5.69 Å². The summed E-state index contributed by atoms with van der Waals surface area (Å²) >= 11 is 0. The fraction of sp³-hybridized carbons (Fsp3) is 0.348. The third-order valence-electron chi connectivity index (χ3n) is 4.62. The summed E-state index contributed by atoms with van der Waals surface area (Å²) in [6.07, 6.45) is 0.375. The van der Waals surface area contributed by atoms with Crippen LogP contribution in [0.2, 0.25) is 0 Å². The first-order valence-electron chi connectivity index (χ1n) is 10.6. The number of halogens is 3. The zero-order valence-electron chi connectivity index (χ0n) is 18.6. The van der Waals surface area contributed by atoms with Crippen molar-refractivity contribution < 1.29 is 17.9 Å². The SMILES string of the molecule is CN(C)CCCNc1nc(NCCc2ccncc2)cc(-c2cccc(OC(F)(F)F)c2)n1. The molecule has 0 radical (unpaired) electrons. The maximum absolute atomic E-state index is 12.6. The van der Waals surface area contributed by atoms with Crippen LogP contribution < -0.4 is 15.4 Å². The van der Waals surface area contributed by atoms with Crippen LogP contribution in [0.3, 0.4) is 0 Å². The van der Waals surface area contributed by atoms with E-state index >= 15 is 0 Å². The largest absolute Gasteiger partial charge is 0.573 e. The van der Waals surface area contributed by atoms with E-state index in [4.69, 9.17) is 0 Å². The Labute approximate surface area is 191 Å². The van der Waals surface area contributed by atoms with Gasteiger partial charge in [0.15, 0.2) is 0 Å². The third-order valence-corrected chi connectivity index (χ3v) is 4.62. The molecule has 0 aliphatic carbocycles. The van der Waals surface area contributed by atoms with Gasteiger partial charge in [-0.3, -0.25) is 4.98 Å². The van der Waals surface area contributed by atoms with Crippen molar-refractivity contribution in [3.63, 3.8) is 0 Å². The molecule has 0 aliphatic rings. The molecular formula is C23H27F3N6O. The molecule has 1 aromatic carbocycles. The van der Waals surface area contributed by atoms with Crippen molar-refractivity contribution in [1.82, 2.24) is 19.9 Å². The fourth-order valence-corrected chi connectivity index (χ4v) is 3.10. The predicted octanol–water partition coefficient (Wildman–Crippen LogP) is 4.46. The third kappa shape index (κ3) is 8.57. The van der Waals surface area contributed by atoms with Crippen molar-refractivity contribution in [2.45, 2.75) is 19.2 Å². The molecule has 0 atom stereocenters. The number of nitrogens with zero attached hydrogens (tertiary/aromatic N) is 4. The number of nitrogens with one attached hydrogen (secondary N) is 2. The van der Waals surface area contributed by atoms with Crippen LogP contribution in [0, 0.1) is 0 Å². The van der Waals surface area contributed by atoms with E-state index in [1.165, 1.54) is 18.2 Å². The Bertz CT molecular complexity index is 1010. The molecule has 10 heteroatoms.